The molecule has 1 aliphatic rings. The molecule has 0 atom stereocenters. The Bertz CT molecular complexity index is 820. The molecule has 0 radical (unpaired) electrons. The van der Waals surface area contributed by atoms with Gasteiger partial charge in [0.05, 0.1) is 11.4 Å². The Morgan fingerprint density at radius 3 is 2.40 bits per heavy atom. The maximum Gasteiger partial charge on any atom is 0.283 e. The molecule has 1 amide bonds. The molecule has 0 N–H and O–H groups in total. The summed E-state index contributed by atoms with van der Waals surface area (Å²) in [5.74, 6) is -1.37. The average molecular weight is 362 g/mol. The highest BCUT2D eigenvalue weighted by Crippen LogP contribution is 2.30. The first kappa shape index (κ1) is 17.3. The van der Waals surface area contributed by atoms with Crippen molar-refractivity contribution in [1.29, 1.82) is 0 Å². The molecule has 7 heteroatoms. The van der Waals surface area contributed by atoms with Gasteiger partial charge in [-0.15, -0.1) is 0 Å². The second-order valence-electron chi connectivity index (χ2n) is 5.15. The van der Waals surface area contributed by atoms with Crippen molar-refractivity contribution < 1.29 is 18.0 Å². The molecule has 0 aromatic heterocycles. The monoisotopic (exact) mass is 362 g/mol. The lowest BCUT2D eigenvalue weighted by Gasteiger charge is -2.17. The Balaban J connectivity index is 1.95. The predicted octanol–water partition coefficient (Wildman–Crippen LogP) is 4.57. The number of carbonyl (C=O) groups excluding carboxylic acids is 1. The van der Waals surface area contributed by atoms with Gasteiger partial charge >= 0.3 is 0 Å². The van der Waals surface area contributed by atoms with Crippen LogP contribution in [0, 0.1) is 5.82 Å². The SMILES string of the molecule is O=C1/C(=C\c2ccccc2)N=C(SCC(F)F)N1c1ccc(F)cc1. The predicted molar refractivity (Wildman–Crippen MR) is 94.2 cm³/mol. The van der Waals surface area contributed by atoms with Crippen LogP contribution in [-0.2, 0) is 4.79 Å². The molecule has 3 nitrogen and oxygen atoms in total. The number of hydrogen-bond donors (Lipinski definition) is 0. The van der Waals surface area contributed by atoms with E-state index in [0.29, 0.717) is 5.69 Å². The first-order valence-electron chi connectivity index (χ1n) is 7.41. The molecule has 0 unspecified atom stereocenters. The zero-order chi connectivity index (χ0) is 17.8. The topological polar surface area (TPSA) is 32.7 Å². The summed E-state index contributed by atoms with van der Waals surface area (Å²) in [5.41, 5.74) is 1.30. The molecular formula is C18H13F3N2OS. The number of nitrogens with zero attached hydrogens (tertiary/aromatic N) is 2. The van der Waals surface area contributed by atoms with Gasteiger partial charge in [-0.05, 0) is 35.9 Å². The van der Waals surface area contributed by atoms with Crippen molar-refractivity contribution in [3.05, 3.63) is 71.7 Å². The highest BCUT2D eigenvalue weighted by molar-refractivity contribution is 8.14. The van der Waals surface area contributed by atoms with Crippen LogP contribution in [0.1, 0.15) is 5.56 Å². The van der Waals surface area contributed by atoms with Crippen LogP contribution >= 0.6 is 11.8 Å². The fourth-order valence-corrected chi connectivity index (χ4v) is 3.01. The van der Waals surface area contributed by atoms with Gasteiger partial charge in [0.25, 0.3) is 5.91 Å². The maximum absolute atomic E-state index is 13.1. The molecule has 0 aliphatic carbocycles. The van der Waals surface area contributed by atoms with E-state index in [4.69, 9.17) is 0 Å². The number of amides is 1. The van der Waals surface area contributed by atoms with Crippen LogP contribution in [0.3, 0.4) is 0 Å². The van der Waals surface area contributed by atoms with Crippen molar-refractivity contribution in [2.75, 3.05) is 10.7 Å². The third-order valence-electron chi connectivity index (χ3n) is 3.36. The third kappa shape index (κ3) is 4.11. The van der Waals surface area contributed by atoms with E-state index < -0.39 is 23.9 Å². The molecule has 3 rings (SSSR count). The van der Waals surface area contributed by atoms with Crippen LogP contribution in [0.15, 0.2) is 65.3 Å². The van der Waals surface area contributed by atoms with Crippen LogP contribution < -0.4 is 4.90 Å². The fourth-order valence-electron chi connectivity index (χ4n) is 2.26. The first-order valence-corrected chi connectivity index (χ1v) is 8.39. The number of carbonyl (C=O) groups is 1. The number of benzene rings is 2. The highest BCUT2D eigenvalue weighted by atomic mass is 32.2. The third-order valence-corrected chi connectivity index (χ3v) is 4.31. The zero-order valence-corrected chi connectivity index (χ0v) is 13.7. The van der Waals surface area contributed by atoms with Gasteiger partial charge in [0, 0.05) is 0 Å². The number of halogens is 3. The van der Waals surface area contributed by atoms with Gasteiger partial charge in [0.2, 0.25) is 6.43 Å². The Kier molecular flexibility index (Phi) is 5.23. The molecule has 0 saturated heterocycles. The van der Waals surface area contributed by atoms with Gasteiger partial charge in [0.15, 0.2) is 5.17 Å². The smallest absolute Gasteiger partial charge is 0.266 e. The molecule has 0 saturated carbocycles. The summed E-state index contributed by atoms with van der Waals surface area (Å²) in [6.07, 6.45) is -0.936. The minimum absolute atomic E-state index is 0.146. The molecule has 25 heavy (non-hydrogen) atoms. The fraction of sp³-hybridized carbons (Fsp3) is 0.111. The van der Waals surface area contributed by atoms with Crippen molar-refractivity contribution in [2.24, 2.45) is 4.99 Å². The molecule has 0 bridgehead atoms. The quantitative estimate of drug-likeness (QED) is 0.747. The molecule has 1 aliphatic heterocycles. The second-order valence-corrected chi connectivity index (χ2v) is 6.14. The lowest BCUT2D eigenvalue weighted by molar-refractivity contribution is -0.113. The van der Waals surface area contributed by atoms with Crippen LogP contribution in [-0.4, -0.2) is 23.3 Å². The molecule has 0 fully saturated rings. The van der Waals surface area contributed by atoms with Gasteiger partial charge in [0.1, 0.15) is 11.5 Å². The molecule has 2 aromatic carbocycles. The summed E-state index contributed by atoms with van der Waals surface area (Å²) in [6.45, 7) is 0. The molecule has 2 aromatic rings. The van der Waals surface area contributed by atoms with Gasteiger partial charge in [-0.25, -0.2) is 18.2 Å². The summed E-state index contributed by atoms with van der Waals surface area (Å²) in [5, 5.41) is 0.152. The molecule has 1 heterocycles. The molecular weight excluding hydrogens is 349 g/mol. The van der Waals surface area contributed by atoms with Gasteiger partial charge in [-0.2, -0.15) is 0 Å². The van der Waals surface area contributed by atoms with E-state index in [1.165, 1.54) is 29.2 Å². The number of rotatable bonds is 4. The number of thioether (sulfide) groups is 1. The summed E-state index contributed by atoms with van der Waals surface area (Å²) < 4.78 is 38.3. The highest BCUT2D eigenvalue weighted by Gasteiger charge is 2.32. The van der Waals surface area contributed by atoms with Crippen molar-refractivity contribution in [1.82, 2.24) is 0 Å². The van der Waals surface area contributed by atoms with E-state index in [-0.39, 0.29) is 10.9 Å². The number of hydrogen-bond acceptors (Lipinski definition) is 3. The van der Waals surface area contributed by atoms with E-state index in [0.717, 1.165) is 17.3 Å². The molecule has 0 spiro atoms. The first-order chi connectivity index (χ1) is 12.0. The van der Waals surface area contributed by atoms with E-state index in [1.54, 1.807) is 6.08 Å². The normalized spacial score (nSPS) is 16.0. The Morgan fingerprint density at radius 1 is 1.08 bits per heavy atom. The lowest BCUT2D eigenvalue weighted by atomic mass is 10.2. The minimum Gasteiger partial charge on any atom is -0.266 e. The Hall–Kier alpha value is -2.54. The standard InChI is InChI=1S/C18H13F3N2OS/c19-13-6-8-14(9-7-13)23-17(24)15(10-12-4-2-1-3-5-12)22-18(23)25-11-16(20)21/h1-10,16H,11H2/b15-10+. The van der Waals surface area contributed by atoms with Crippen molar-refractivity contribution in [3.8, 4) is 0 Å². The minimum atomic E-state index is -2.53. The number of aliphatic imine (C=N–C) groups is 1. The summed E-state index contributed by atoms with van der Waals surface area (Å²) in [6, 6.07) is 14.3. The van der Waals surface area contributed by atoms with E-state index in [2.05, 4.69) is 4.99 Å². The number of amidine groups is 1. The van der Waals surface area contributed by atoms with Crippen LogP contribution in [0.25, 0.3) is 6.08 Å². The largest absolute Gasteiger partial charge is 0.283 e. The average Bonchev–Trinajstić information content (AvgIpc) is 2.91. The van der Waals surface area contributed by atoms with Crippen LogP contribution in [0.2, 0.25) is 0 Å². The van der Waals surface area contributed by atoms with Crippen molar-refractivity contribution in [2.45, 2.75) is 6.43 Å². The Morgan fingerprint density at radius 2 is 1.76 bits per heavy atom. The maximum atomic E-state index is 13.1. The number of anilines is 1. The lowest BCUT2D eigenvalue weighted by Crippen LogP contribution is -2.30. The van der Waals surface area contributed by atoms with Gasteiger partial charge < -0.3 is 0 Å². The zero-order valence-electron chi connectivity index (χ0n) is 12.9. The second kappa shape index (κ2) is 7.57. The van der Waals surface area contributed by atoms with Crippen LogP contribution in [0.5, 0.6) is 0 Å². The van der Waals surface area contributed by atoms with E-state index in [9.17, 15) is 18.0 Å². The van der Waals surface area contributed by atoms with E-state index >= 15 is 0 Å². The van der Waals surface area contributed by atoms with E-state index in [1.807, 2.05) is 30.3 Å². The summed E-state index contributed by atoms with van der Waals surface area (Å²) in [7, 11) is 0. The molecule has 128 valence electrons. The summed E-state index contributed by atoms with van der Waals surface area (Å²) in [4.78, 5) is 18.1. The van der Waals surface area contributed by atoms with Gasteiger partial charge in [-0.1, -0.05) is 42.1 Å². The van der Waals surface area contributed by atoms with Crippen molar-refractivity contribution in [3.63, 3.8) is 0 Å². The summed E-state index contributed by atoms with van der Waals surface area (Å²) >= 11 is 0.788. The Labute approximate surface area is 146 Å². The van der Waals surface area contributed by atoms with Crippen LogP contribution in [0.4, 0.5) is 18.9 Å². The van der Waals surface area contributed by atoms with Crippen molar-refractivity contribution >= 4 is 34.6 Å². The number of alkyl halides is 2. The van der Waals surface area contributed by atoms with Gasteiger partial charge in [-0.3, -0.25) is 9.69 Å².